The summed E-state index contributed by atoms with van der Waals surface area (Å²) in [4.78, 5) is 11.5. The molecule has 2 rings (SSSR count). The van der Waals surface area contributed by atoms with Crippen molar-refractivity contribution in [1.82, 2.24) is 20.2 Å². The molecular formula is C24H42N4. The Balaban J connectivity index is 0.00000133. The van der Waals surface area contributed by atoms with Crippen LogP contribution in [-0.2, 0) is 13.1 Å². The first-order chi connectivity index (χ1) is 13.6. The van der Waals surface area contributed by atoms with E-state index in [1.807, 2.05) is 32.3 Å². The van der Waals surface area contributed by atoms with Crippen molar-refractivity contribution in [3.05, 3.63) is 59.2 Å². The van der Waals surface area contributed by atoms with Gasteiger partial charge >= 0.3 is 0 Å². The summed E-state index contributed by atoms with van der Waals surface area (Å²) in [5.41, 5.74) is 4.76. The van der Waals surface area contributed by atoms with Gasteiger partial charge in [-0.3, -0.25) is 14.9 Å². The Labute approximate surface area is 173 Å². The fraction of sp³-hybridized carbons (Fsp3) is 0.583. The molecule has 1 N–H and O–H groups in total. The zero-order valence-corrected chi connectivity index (χ0v) is 19.3. The number of aryl methyl sites for hydroxylation is 2. The van der Waals surface area contributed by atoms with Crippen LogP contribution in [0.4, 0.5) is 0 Å². The first-order valence-electron chi connectivity index (χ1n) is 10.9. The van der Waals surface area contributed by atoms with Crippen molar-refractivity contribution in [2.24, 2.45) is 0 Å². The Morgan fingerprint density at radius 2 is 1.71 bits per heavy atom. The lowest BCUT2D eigenvalue weighted by molar-refractivity contribution is 0.246. The first-order valence-corrected chi connectivity index (χ1v) is 10.9. The van der Waals surface area contributed by atoms with E-state index in [2.05, 4.69) is 73.0 Å². The summed E-state index contributed by atoms with van der Waals surface area (Å²) in [6.45, 7) is 19.5. The normalized spacial score (nSPS) is 10.0. The highest BCUT2D eigenvalue weighted by Gasteiger charge is 2.10. The number of hydrogen-bond donors (Lipinski definition) is 1. The Morgan fingerprint density at radius 3 is 2.29 bits per heavy atom. The third kappa shape index (κ3) is 11.8. The largest absolute Gasteiger partial charge is 0.317 e. The SMILES string of the molecule is CC.CCC.CCNCCCN(Cc1ccccn1)Cc1ncc(C)cc1C. The van der Waals surface area contributed by atoms with Gasteiger partial charge in [0.15, 0.2) is 0 Å². The van der Waals surface area contributed by atoms with Gasteiger partial charge in [-0.05, 0) is 56.6 Å². The summed E-state index contributed by atoms with van der Waals surface area (Å²) in [5, 5.41) is 3.39. The Bertz CT molecular complexity index is 599. The van der Waals surface area contributed by atoms with Crippen LogP contribution in [0.2, 0.25) is 0 Å². The topological polar surface area (TPSA) is 41.0 Å². The molecule has 0 aliphatic heterocycles. The molecule has 0 unspecified atom stereocenters. The predicted octanol–water partition coefficient (Wildman–Crippen LogP) is 5.54. The Morgan fingerprint density at radius 1 is 1.00 bits per heavy atom. The van der Waals surface area contributed by atoms with Crippen molar-refractivity contribution >= 4 is 0 Å². The van der Waals surface area contributed by atoms with Gasteiger partial charge in [-0.2, -0.15) is 0 Å². The second kappa shape index (κ2) is 17.3. The number of nitrogens with zero attached hydrogens (tertiary/aromatic N) is 3. The van der Waals surface area contributed by atoms with Crippen molar-refractivity contribution in [3.8, 4) is 0 Å². The summed E-state index contributed by atoms with van der Waals surface area (Å²) in [6.07, 6.45) is 6.20. The zero-order chi connectivity index (χ0) is 21.2. The van der Waals surface area contributed by atoms with Gasteiger partial charge in [0.2, 0.25) is 0 Å². The number of pyridine rings is 2. The Kier molecular flexibility index (Phi) is 16.2. The van der Waals surface area contributed by atoms with E-state index in [4.69, 9.17) is 0 Å². The number of rotatable bonds is 9. The monoisotopic (exact) mass is 386 g/mol. The third-order valence-corrected chi connectivity index (χ3v) is 3.89. The molecule has 28 heavy (non-hydrogen) atoms. The molecule has 2 aromatic rings. The minimum Gasteiger partial charge on any atom is -0.317 e. The highest BCUT2D eigenvalue weighted by Crippen LogP contribution is 2.12. The van der Waals surface area contributed by atoms with Crippen LogP contribution in [0.15, 0.2) is 36.7 Å². The van der Waals surface area contributed by atoms with Crippen molar-refractivity contribution in [3.63, 3.8) is 0 Å². The smallest absolute Gasteiger partial charge is 0.0573 e. The lowest BCUT2D eigenvalue weighted by Crippen LogP contribution is -2.28. The van der Waals surface area contributed by atoms with E-state index in [0.29, 0.717) is 0 Å². The van der Waals surface area contributed by atoms with Crippen LogP contribution in [0.3, 0.4) is 0 Å². The molecule has 2 aromatic heterocycles. The molecule has 0 radical (unpaired) electrons. The van der Waals surface area contributed by atoms with Crippen molar-refractivity contribution < 1.29 is 0 Å². The van der Waals surface area contributed by atoms with Crippen LogP contribution in [0, 0.1) is 13.8 Å². The molecule has 0 aliphatic carbocycles. The summed E-state index contributed by atoms with van der Waals surface area (Å²) >= 11 is 0. The molecule has 0 fully saturated rings. The molecule has 0 saturated carbocycles. The fourth-order valence-electron chi connectivity index (χ4n) is 2.66. The molecule has 0 spiro atoms. The summed E-state index contributed by atoms with van der Waals surface area (Å²) in [5.74, 6) is 0. The average molecular weight is 387 g/mol. The molecule has 0 amide bonds. The lowest BCUT2D eigenvalue weighted by Gasteiger charge is -2.22. The summed E-state index contributed by atoms with van der Waals surface area (Å²) < 4.78 is 0. The van der Waals surface area contributed by atoms with Crippen LogP contribution >= 0.6 is 0 Å². The van der Waals surface area contributed by atoms with Crippen LogP contribution in [0.5, 0.6) is 0 Å². The molecule has 158 valence electrons. The molecule has 4 heteroatoms. The van der Waals surface area contributed by atoms with Gasteiger partial charge in [-0.1, -0.05) is 53.2 Å². The van der Waals surface area contributed by atoms with Crippen molar-refractivity contribution in [2.75, 3.05) is 19.6 Å². The van der Waals surface area contributed by atoms with Crippen LogP contribution in [0.1, 0.15) is 70.0 Å². The maximum atomic E-state index is 4.63. The molecule has 0 atom stereocenters. The van der Waals surface area contributed by atoms with Gasteiger partial charge in [0, 0.05) is 32.0 Å². The van der Waals surface area contributed by atoms with E-state index in [-0.39, 0.29) is 0 Å². The van der Waals surface area contributed by atoms with Gasteiger partial charge in [0.25, 0.3) is 0 Å². The molecule has 0 aromatic carbocycles. The highest BCUT2D eigenvalue weighted by molar-refractivity contribution is 5.23. The van der Waals surface area contributed by atoms with Gasteiger partial charge in [-0.15, -0.1) is 0 Å². The third-order valence-electron chi connectivity index (χ3n) is 3.89. The second-order valence-electron chi connectivity index (χ2n) is 6.72. The molecule has 2 heterocycles. The van der Waals surface area contributed by atoms with Crippen LogP contribution < -0.4 is 5.32 Å². The molecule has 4 nitrogen and oxygen atoms in total. The van der Waals surface area contributed by atoms with E-state index in [9.17, 15) is 0 Å². The van der Waals surface area contributed by atoms with Crippen molar-refractivity contribution in [2.45, 2.75) is 74.4 Å². The Hall–Kier alpha value is -1.78. The number of nitrogens with one attached hydrogen (secondary N) is 1. The van der Waals surface area contributed by atoms with E-state index < -0.39 is 0 Å². The van der Waals surface area contributed by atoms with E-state index >= 15 is 0 Å². The number of aromatic nitrogens is 2. The lowest BCUT2D eigenvalue weighted by atomic mass is 10.1. The van der Waals surface area contributed by atoms with E-state index in [1.54, 1.807) is 0 Å². The van der Waals surface area contributed by atoms with Gasteiger partial charge < -0.3 is 5.32 Å². The minimum absolute atomic E-state index is 0.863. The molecule has 0 bridgehead atoms. The van der Waals surface area contributed by atoms with Crippen LogP contribution in [0.25, 0.3) is 0 Å². The minimum atomic E-state index is 0.863. The molecule has 0 aliphatic rings. The number of hydrogen-bond acceptors (Lipinski definition) is 4. The van der Waals surface area contributed by atoms with E-state index in [1.165, 1.54) is 17.5 Å². The standard InChI is InChI=1S/C19H28N4.C3H8.C2H6/c1-4-20-9-7-11-23(14-18-8-5-6-10-21-18)15-19-17(3)12-16(2)13-22-19;1-3-2;1-2/h5-6,8,10,12-13,20H,4,7,9,11,14-15H2,1-3H3;3H2,1-2H3;1-2H3. The zero-order valence-electron chi connectivity index (χ0n) is 19.3. The maximum absolute atomic E-state index is 4.63. The van der Waals surface area contributed by atoms with Gasteiger partial charge in [0.1, 0.15) is 0 Å². The fourth-order valence-corrected chi connectivity index (χ4v) is 2.66. The van der Waals surface area contributed by atoms with Crippen molar-refractivity contribution in [1.29, 1.82) is 0 Å². The predicted molar refractivity (Wildman–Crippen MR) is 123 cm³/mol. The van der Waals surface area contributed by atoms with Crippen LogP contribution in [-0.4, -0.2) is 34.5 Å². The molecule has 0 saturated heterocycles. The maximum Gasteiger partial charge on any atom is 0.0573 e. The van der Waals surface area contributed by atoms with Gasteiger partial charge in [0.05, 0.1) is 11.4 Å². The second-order valence-corrected chi connectivity index (χ2v) is 6.72. The van der Waals surface area contributed by atoms with E-state index in [0.717, 1.165) is 50.5 Å². The highest BCUT2D eigenvalue weighted by atomic mass is 15.1. The summed E-state index contributed by atoms with van der Waals surface area (Å²) in [7, 11) is 0. The van der Waals surface area contributed by atoms with Gasteiger partial charge in [-0.25, -0.2) is 0 Å². The summed E-state index contributed by atoms with van der Waals surface area (Å²) in [6, 6.07) is 8.31. The quantitative estimate of drug-likeness (QED) is 0.575. The first kappa shape index (κ1) is 26.2. The molecular weight excluding hydrogens is 344 g/mol. The average Bonchev–Trinajstić information content (AvgIpc) is 2.70.